The molecule has 3 heterocycles. The first-order valence-corrected chi connectivity index (χ1v) is 10.4. The molecule has 10 heteroatoms. The lowest BCUT2D eigenvalue weighted by atomic mass is 10.1. The summed E-state index contributed by atoms with van der Waals surface area (Å²) in [5.41, 5.74) is 8.12. The molecule has 162 valence electrons. The van der Waals surface area contributed by atoms with Crippen molar-refractivity contribution in [3.05, 3.63) is 52.1 Å². The third-order valence-electron chi connectivity index (χ3n) is 5.17. The fourth-order valence-electron chi connectivity index (χ4n) is 3.59. The quantitative estimate of drug-likeness (QED) is 0.550. The van der Waals surface area contributed by atoms with Crippen LogP contribution in [0.4, 0.5) is 15.9 Å². The number of nitrogen functional groups attached to an aromatic ring is 1. The number of halogens is 3. The highest BCUT2D eigenvalue weighted by Crippen LogP contribution is 2.42. The van der Waals surface area contributed by atoms with Gasteiger partial charge in [0.15, 0.2) is 11.6 Å². The largest absolute Gasteiger partial charge is 0.482 e. The second kappa shape index (κ2) is 8.36. The van der Waals surface area contributed by atoms with Gasteiger partial charge >= 0.3 is 0 Å². The van der Waals surface area contributed by atoms with E-state index in [9.17, 15) is 9.18 Å². The van der Waals surface area contributed by atoms with Gasteiger partial charge in [-0.1, -0.05) is 23.2 Å². The van der Waals surface area contributed by atoms with E-state index in [-0.39, 0.29) is 33.0 Å². The number of benzene rings is 1. The lowest BCUT2D eigenvalue weighted by Crippen LogP contribution is -2.25. The van der Waals surface area contributed by atoms with Crippen LogP contribution in [0.15, 0.2) is 30.7 Å². The van der Waals surface area contributed by atoms with Crippen LogP contribution in [0.5, 0.6) is 5.75 Å². The highest BCUT2D eigenvalue weighted by Gasteiger charge is 2.29. The number of aromatic nitrogens is 3. The molecule has 0 bridgehead atoms. The van der Waals surface area contributed by atoms with Gasteiger partial charge in [0.25, 0.3) is 0 Å². The van der Waals surface area contributed by atoms with E-state index in [1.54, 1.807) is 30.1 Å². The Balaban J connectivity index is 1.70. The molecule has 1 aliphatic rings. The molecule has 0 spiro atoms. The smallest absolute Gasteiger partial charge is 0.227 e. The number of nitrogens with two attached hydrogens (primary N) is 1. The van der Waals surface area contributed by atoms with Crippen molar-refractivity contribution >= 4 is 40.6 Å². The Bertz CT molecular complexity index is 1170. The number of aryl methyl sites for hydroxylation is 1. The maximum Gasteiger partial charge on any atom is 0.227 e. The normalized spacial score (nSPS) is 14.9. The van der Waals surface area contributed by atoms with Crippen LogP contribution in [-0.2, 0) is 11.8 Å². The second-order valence-corrected chi connectivity index (χ2v) is 8.09. The van der Waals surface area contributed by atoms with Crippen molar-refractivity contribution in [2.24, 2.45) is 7.05 Å². The Hall–Kier alpha value is -2.84. The molecule has 0 saturated carbocycles. The Labute approximate surface area is 188 Å². The molecule has 7 nitrogen and oxygen atoms in total. The topological polar surface area (TPSA) is 86.3 Å². The van der Waals surface area contributed by atoms with Crippen LogP contribution in [0.1, 0.15) is 31.4 Å². The molecule has 1 aliphatic heterocycles. The number of hydrogen-bond acceptors (Lipinski definition) is 5. The Morgan fingerprint density at radius 2 is 2.00 bits per heavy atom. The summed E-state index contributed by atoms with van der Waals surface area (Å²) >= 11 is 12.8. The van der Waals surface area contributed by atoms with Crippen LogP contribution in [0.3, 0.4) is 0 Å². The van der Waals surface area contributed by atoms with Crippen LogP contribution in [0.2, 0.25) is 10.0 Å². The number of carbonyl (C=O) groups excluding carboxylic acids is 1. The predicted octanol–water partition coefficient (Wildman–Crippen LogP) is 4.78. The Morgan fingerprint density at radius 3 is 2.65 bits per heavy atom. The average Bonchev–Trinajstić information content (AvgIpc) is 3.35. The van der Waals surface area contributed by atoms with E-state index >= 15 is 0 Å². The molecule has 2 aromatic heterocycles. The van der Waals surface area contributed by atoms with Gasteiger partial charge in [-0.25, -0.2) is 9.37 Å². The molecule has 1 amide bonds. The van der Waals surface area contributed by atoms with Gasteiger partial charge in [0, 0.05) is 55.2 Å². The van der Waals surface area contributed by atoms with Crippen LogP contribution in [0, 0.1) is 5.82 Å². The summed E-state index contributed by atoms with van der Waals surface area (Å²) in [5, 5.41) is 4.15. The maximum absolute atomic E-state index is 14.6. The van der Waals surface area contributed by atoms with E-state index in [0.717, 1.165) is 11.1 Å². The lowest BCUT2D eigenvalue weighted by Gasteiger charge is -2.24. The van der Waals surface area contributed by atoms with Crippen molar-refractivity contribution in [3.8, 4) is 16.9 Å². The van der Waals surface area contributed by atoms with Gasteiger partial charge in [-0.3, -0.25) is 9.48 Å². The van der Waals surface area contributed by atoms with E-state index in [2.05, 4.69) is 10.1 Å². The van der Waals surface area contributed by atoms with Crippen molar-refractivity contribution in [2.75, 3.05) is 17.2 Å². The SMILES string of the molecule is CC(Oc1cc(-c2cnn(C)c2)cnc1N)c1c(Cl)c(F)cc(N2CCCC2=O)c1Cl. The number of pyridine rings is 1. The Morgan fingerprint density at radius 1 is 1.23 bits per heavy atom. The summed E-state index contributed by atoms with van der Waals surface area (Å²) in [6.07, 6.45) is 5.46. The summed E-state index contributed by atoms with van der Waals surface area (Å²) in [7, 11) is 1.81. The van der Waals surface area contributed by atoms with Gasteiger partial charge in [-0.05, 0) is 19.4 Å². The van der Waals surface area contributed by atoms with Gasteiger partial charge in [0.1, 0.15) is 11.9 Å². The van der Waals surface area contributed by atoms with Crippen LogP contribution < -0.4 is 15.4 Å². The highest BCUT2D eigenvalue weighted by atomic mass is 35.5. The van der Waals surface area contributed by atoms with Gasteiger partial charge in [-0.15, -0.1) is 0 Å². The van der Waals surface area contributed by atoms with Crippen LogP contribution in [0.25, 0.3) is 11.1 Å². The third kappa shape index (κ3) is 4.05. The monoisotopic (exact) mass is 463 g/mol. The minimum Gasteiger partial charge on any atom is -0.482 e. The summed E-state index contributed by atoms with van der Waals surface area (Å²) in [6.45, 7) is 2.15. The first kappa shape index (κ1) is 21.4. The molecule has 1 aromatic carbocycles. The molecule has 1 unspecified atom stereocenters. The molecule has 0 aliphatic carbocycles. The summed E-state index contributed by atoms with van der Waals surface area (Å²) in [4.78, 5) is 17.8. The number of carbonyl (C=O) groups is 1. The predicted molar refractivity (Wildman–Crippen MR) is 118 cm³/mol. The van der Waals surface area contributed by atoms with Crippen molar-refractivity contribution in [1.29, 1.82) is 0 Å². The van der Waals surface area contributed by atoms with Gasteiger partial charge in [-0.2, -0.15) is 5.10 Å². The minimum absolute atomic E-state index is 0.110. The van der Waals surface area contributed by atoms with Gasteiger partial charge in [0.2, 0.25) is 5.91 Å². The molecule has 2 N–H and O–H groups in total. The molecule has 1 atom stereocenters. The van der Waals surface area contributed by atoms with Crippen molar-refractivity contribution < 1.29 is 13.9 Å². The number of amides is 1. The van der Waals surface area contributed by atoms with Gasteiger partial charge < -0.3 is 15.4 Å². The molecule has 0 radical (unpaired) electrons. The molecule has 4 rings (SSSR count). The molecule has 31 heavy (non-hydrogen) atoms. The first-order chi connectivity index (χ1) is 14.8. The highest BCUT2D eigenvalue weighted by molar-refractivity contribution is 6.38. The number of rotatable bonds is 5. The summed E-state index contributed by atoms with van der Waals surface area (Å²) in [6, 6.07) is 2.91. The van der Waals surface area contributed by atoms with E-state index < -0.39 is 11.9 Å². The summed E-state index contributed by atoms with van der Waals surface area (Å²) < 4.78 is 22.3. The third-order valence-corrected chi connectivity index (χ3v) is 5.95. The first-order valence-electron chi connectivity index (χ1n) is 9.65. The molecule has 1 saturated heterocycles. The zero-order valence-electron chi connectivity index (χ0n) is 16.9. The van der Waals surface area contributed by atoms with Crippen molar-refractivity contribution in [2.45, 2.75) is 25.9 Å². The van der Waals surface area contributed by atoms with E-state index in [1.807, 2.05) is 13.2 Å². The standard InChI is InChI=1S/C21H20Cl2FN5O2/c1-11(31-16-6-12(8-26-21(16)25)13-9-27-28(2)10-13)18-19(22)14(24)7-15(20(18)23)29-5-3-4-17(29)30/h6-11H,3-5H2,1-2H3,(H2,25,26). The van der Waals surface area contributed by atoms with Crippen molar-refractivity contribution in [1.82, 2.24) is 14.8 Å². The van der Waals surface area contributed by atoms with E-state index in [4.69, 9.17) is 33.7 Å². The number of nitrogens with zero attached hydrogens (tertiary/aromatic N) is 4. The second-order valence-electron chi connectivity index (χ2n) is 7.34. The molecular formula is C21H20Cl2FN5O2. The average molecular weight is 464 g/mol. The maximum atomic E-state index is 14.6. The van der Waals surface area contributed by atoms with E-state index in [1.165, 1.54) is 11.0 Å². The Kier molecular flexibility index (Phi) is 5.77. The zero-order valence-corrected chi connectivity index (χ0v) is 18.4. The fourth-order valence-corrected chi connectivity index (χ4v) is 4.35. The molecule has 1 fully saturated rings. The van der Waals surface area contributed by atoms with E-state index in [0.29, 0.717) is 25.1 Å². The number of hydrogen-bond donors (Lipinski definition) is 1. The minimum atomic E-state index is -0.764. The van der Waals surface area contributed by atoms with Gasteiger partial charge in [0.05, 0.1) is 21.9 Å². The summed E-state index contributed by atoms with van der Waals surface area (Å²) in [5.74, 6) is -0.329. The number of anilines is 2. The van der Waals surface area contributed by atoms with Crippen LogP contribution in [-0.4, -0.2) is 27.2 Å². The van der Waals surface area contributed by atoms with Crippen LogP contribution >= 0.6 is 23.2 Å². The lowest BCUT2D eigenvalue weighted by molar-refractivity contribution is -0.117. The fraction of sp³-hybridized carbons (Fsp3) is 0.286. The number of ether oxygens (including phenoxy) is 1. The molecular weight excluding hydrogens is 444 g/mol. The zero-order chi connectivity index (χ0) is 22.3. The molecule has 3 aromatic rings. The van der Waals surface area contributed by atoms with Crippen molar-refractivity contribution in [3.63, 3.8) is 0 Å².